The Morgan fingerprint density at radius 3 is 1.95 bits per heavy atom. The highest BCUT2D eigenvalue weighted by atomic mass is 16.7. The van der Waals surface area contributed by atoms with E-state index in [1.54, 1.807) is 0 Å². The molecule has 0 amide bonds. The van der Waals surface area contributed by atoms with E-state index in [0.29, 0.717) is 0 Å². The minimum Gasteiger partial charge on any atom is -0.457 e. The molecular formula is C33H31BO4. The summed E-state index contributed by atoms with van der Waals surface area (Å²) >= 11 is 0. The highest BCUT2D eigenvalue weighted by Crippen LogP contribution is 2.48. The van der Waals surface area contributed by atoms with Gasteiger partial charge in [-0.1, -0.05) is 62.4 Å². The first-order chi connectivity index (χ1) is 18.0. The van der Waals surface area contributed by atoms with E-state index in [0.717, 1.165) is 50.0 Å². The molecule has 0 atom stereocenters. The molecule has 3 heterocycles. The molecule has 38 heavy (non-hydrogen) atoms. The summed E-state index contributed by atoms with van der Waals surface area (Å²) in [6.07, 6.45) is 0. The van der Waals surface area contributed by atoms with Crippen molar-refractivity contribution in [1.82, 2.24) is 0 Å². The van der Waals surface area contributed by atoms with Crippen LogP contribution in [0.15, 0.2) is 83.3 Å². The fourth-order valence-electron chi connectivity index (χ4n) is 5.74. The number of fused-ring (bicyclic) bond motifs is 5. The van der Waals surface area contributed by atoms with Crippen LogP contribution in [0, 0.1) is 0 Å². The van der Waals surface area contributed by atoms with Crippen molar-refractivity contribution in [3.8, 4) is 22.6 Å². The second kappa shape index (κ2) is 7.75. The second-order valence-corrected chi connectivity index (χ2v) is 12.1. The van der Waals surface area contributed by atoms with Crippen LogP contribution in [0.4, 0.5) is 0 Å². The van der Waals surface area contributed by atoms with E-state index < -0.39 is 7.12 Å². The third-order valence-corrected chi connectivity index (χ3v) is 8.79. The number of rotatable bonds is 2. The molecule has 1 fully saturated rings. The molecule has 0 unspecified atom stereocenters. The molecule has 2 aliphatic rings. The molecule has 5 heteroatoms. The van der Waals surface area contributed by atoms with Gasteiger partial charge in [-0.05, 0) is 74.6 Å². The van der Waals surface area contributed by atoms with Crippen LogP contribution in [-0.2, 0) is 14.7 Å². The van der Waals surface area contributed by atoms with Crippen LogP contribution in [0.1, 0.15) is 52.7 Å². The first kappa shape index (κ1) is 23.6. The van der Waals surface area contributed by atoms with Crippen LogP contribution in [0.25, 0.3) is 33.1 Å². The van der Waals surface area contributed by atoms with E-state index in [2.05, 4.69) is 102 Å². The van der Waals surface area contributed by atoms with Gasteiger partial charge < -0.3 is 18.5 Å². The molecule has 4 aromatic carbocycles. The van der Waals surface area contributed by atoms with Gasteiger partial charge >= 0.3 is 7.12 Å². The van der Waals surface area contributed by atoms with Crippen LogP contribution in [0.2, 0.25) is 0 Å². The molecule has 0 saturated carbocycles. The van der Waals surface area contributed by atoms with Crippen LogP contribution in [-0.4, -0.2) is 18.3 Å². The van der Waals surface area contributed by atoms with Crippen molar-refractivity contribution < 1.29 is 18.5 Å². The molecule has 2 aliphatic heterocycles. The number of furan rings is 1. The van der Waals surface area contributed by atoms with Crippen molar-refractivity contribution in [3.05, 3.63) is 90.0 Å². The Labute approximate surface area is 223 Å². The molecule has 0 aliphatic carbocycles. The minimum absolute atomic E-state index is 0.125. The number of hydrogen-bond donors (Lipinski definition) is 0. The molecule has 0 N–H and O–H groups in total. The van der Waals surface area contributed by atoms with E-state index in [1.165, 1.54) is 11.1 Å². The van der Waals surface area contributed by atoms with Gasteiger partial charge in [0.1, 0.15) is 22.7 Å². The lowest BCUT2D eigenvalue weighted by Gasteiger charge is -2.34. The number of hydrogen-bond acceptors (Lipinski definition) is 4. The Hall–Kier alpha value is -3.54. The van der Waals surface area contributed by atoms with Gasteiger partial charge in [0.15, 0.2) is 0 Å². The molecule has 7 rings (SSSR count). The topological polar surface area (TPSA) is 40.8 Å². The Bertz CT molecular complexity index is 1730. The van der Waals surface area contributed by atoms with Gasteiger partial charge in [-0.25, -0.2) is 0 Å². The summed E-state index contributed by atoms with van der Waals surface area (Å²) in [5, 5.41) is 2.17. The second-order valence-electron chi connectivity index (χ2n) is 12.1. The maximum Gasteiger partial charge on any atom is 0.494 e. The summed E-state index contributed by atoms with van der Waals surface area (Å²) in [5.41, 5.74) is 6.35. The smallest absolute Gasteiger partial charge is 0.457 e. The lowest BCUT2D eigenvalue weighted by Crippen LogP contribution is -2.41. The summed E-state index contributed by atoms with van der Waals surface area (Å²) in [6.45, 7) is 12.8. The summed E-state index contributed by atoms with van der Waals surface area (Å²) in [7, 11) is -0.418. The van der Waals surface area contributed by atoms with Gasteiger partial charge in [0, 0.05) is 27.3 Å². The summed E-state index contributed by atoms with van der Waals surface area (Å²) in [6, 6.07) is 27.5. The molecule has 0 bridgehead atoms. The third kappa shape index (κ3) is 3.38. The molecule has 5 aromatic rings. The minimum atomic E-state index is -0.418. The summed E-state index contributed by atoms with van der Waals surface area (Å²) < 4.78 is 25.2. The first-order valence-electron chi connectivity index (χ1n) is 13.3. The van der Waals surface area contributed by atoms with E-state index in [4.69, 9.17) is 18.5 Å². The van der Waals surface area contributed by atoms with Crippen molar-refractivity contribution in [3.63, 3.8) is 0 Å². The van der Waals surface area contributed by atoms with Crippen LogP contribution < -0.4 is 10.2 Å². The number of benzene rings is 4. The van der Waals surface area contributed by atoms with Gasteiger partial charge in [-0.15, -0.1) is 0 Å². The van der Waals surface area contributed by atoms with Gasteiger partial charge in [0.2, 0.25) is 0 Å². The van der Waals surface area contributed by atoms with Crippen LogP contribution >= 0.6 is 0 Å². The molecule has 4 nitrogen and oxygen atoms in total. The monoisotopic (exact) mass is 502 g/mol. The summed E-state index contributed by atoms with van der Waals surface area (Å²) in [4.78, 5) is 0. The average Bonchev–Trinajstić information content (AvgIpc) is 3.35. The third-order valence-electron chi connectivity index (χ3n) is 8.79. The number of para-hydroxylation sites is 1. The SMILES string of the molecule is CC1(C)c2ccccc2Oc2cc(-c3ccc4c(c3)oc3cc(B5OC(C)(C)C(C)(C)O5)ccc34)ccc21. The Balaban J connectivity index is 1.25. The molecule has 190 valence electrons. The Morgan fingerprint density at radius 2 is 1.18 bits per heavy atom. The molecule has 1 aromatic heterocycles. The molecule has 0 spiro atoms. The van der Waals surface area contributed by atoms with Crippen LogP contribution in [0.5, 0.6) is 11.5 Å². The fraction of sp³-hybridized carbons (Fsp3) is 0.273. The lowest BCUT2D eigenvalue weighted by molar-refractivity contribution is 0.00578. The van der Waals surface area contributed by atoms with Gasteiger partial charge in [-0.3, -0.25) is 0 Å². The van der Waals surface area contributed by atoms with Gasteiger partial charge in [0.25, 0.3) is 0 Å². The predicted octanol–water partition coefficient (Wildman–Crippen LogP) is 7.98. The zero-order valence-corrected chi connectivity index (χ0v) is 22.7. The highest BCUT2D eigenvalue weighted by molar-refractivity contribution is 6.62. The van der Waals surface area contributed by atoms with E-state index in [1.807, 2.05) is 18.2 Å². The normalized spacial score (nSPS) is 18.8. The first-order valence-corrected chi connectivity index (χ1v) is 13.3. The van der Waals surface area contributed by atoms with E-state index >= 15 is 0 Å². The highest BCUT2D eigenvalue weighted by Gasteiger charge is 2.51. The molecular weight excluding hydrogens is 471 g/mol. The van der Waals surface area contributed by atoms with Crippen molar-refractivity contribution >= 4 is 34.5 Å². The van der Waals surface area contributed by atoms with Gasteiger partial charge in [-0.2, -0.15) is 0 Å². The maximum atomic E-state index is 6.37. The fourth-order valence-corrected chi connectivity index (χ4v) is 5.74. The molecule has 0 radical (unpaired) electrons. The van der Waals surface area contributed by atoms with E-state index in [9.17, 15) is 0 Å². The standard InChI is InChI=1S/C33H31BO4/c1-31(2)25-9-7-8-10-27(25)35-30-18-21(12-16-26(30)31)20-11-14-23-24-15-13-22(19-29(24)36-28(23)17-20)34-37-32(3,4)33(5,6)38-34/h7-19H,1-6H3. The van der Waals surface area contributed by atoms with Crippen molar-refractivity contribution in [2.24, 2.45) is 0 Å². The number of ether oxygens (including phenoxy) is 1. The van der Waals surface area contributed by atoms with Crippen molar-refractivity contribution in [2.45, 2.75) is 58.2 Å². The average molecular weight is 502 g/mol. The predicted molar refractivity (Wildman–Crippen MR) is 154 cm³/mol. The van der Waals surface area contributed by atoms with Crippen LogP contribution in [0.3, 0.4) is 0 Å². The zero-order chi connectivity index (χ0) is 26.4. The largest absolute Gasteiger partial charge is 0.494 e. The van der Waals surface area contributed by atoms with E-state index in [-0.39, 0.29) is 16.6 Å². The Kier molecular flexibility index (Phi) is 4.81. The zero-order valence-electron chi connectivity index (χ0n) is 22.7. The van der Waals surface area contributed by atoms with Crippen molar-refractivity contribution in [1.29, 1.82) is 0 Å². The molecule has 1 saturated heterocycles. The van der Waals surface area contributed by atoms with Crippen molar-refractivity contribution in [2.75, 3.05) is 0 Å². The lowest BCUT2D eigenvalue weighted by atomic mass is 9.75. The Morgan fingerprint density at radius 1 is 0.579 bits per heavy atom. The quantitative estimate of drug-likeness (QED) is 0.230. The maximum absolute atomic E-state index is 6.37. The summed E-state index contributed by atoms with van der Waals surface area (Å²) in [5.74, 6) is 1.83. The van der Waals surface area contributed by atoms with Gasteiger partial charge in [0.05, 0.1) is 11.2 Å².